The van der Waals surface area contributed by atoms with E-state index in [2.05, 4.69) is 20.7 Å². The van der Waals surface area contributed by atoms with Crippen LogP contribution in [0.25, 0.3) is 0 Å². The van der Waals surface area contributed by atoms with E-state index < -0.39 is 11.6 Å². The van der Waals surface area contributed by atoms with Crippen molar-refractivity contribution in [2.75, 3.05) is 13.7 Å². The largest absolute Gasteiger partial charge is 0.466 e. The zero-order valence-corrected chi connectivity index (χ0v) is 16.1. The molecule has 5 nitrogen and oxygen atoms in total. The lowest BCUT2D eigenvalue weighted by molar-refractivity contribution is -0.134. The van der Waals surface area contributed by atoms with E-state index >= 15 is 0 Å². The van der Waals surface area contributed by atoms with Gasteiger partial charge in [0.25, 0.3) is 0 Å². The maximum atomic E-state index is 12.4. The number of esters is 1. The van der Waals surface area contributed by atoms with Crippen LogP contribution >= 0.6 is 15.9 Å². The van der Waals surface area contributed by atoms with Crippen LogP contribution in [0, 0.1) is 0 Å². The van der Waals surface area contributed by atoms with Crippen LogP contribution in [0.5, 0.6) is 0 Å². The van der Waals surface area contributed by atoms with Gasteiger partial charge >= 0.3 is 12.1 Å². The summed E-state index contributed by atoms with van der Waals surface area (Å²) in [6.07, 6.45) is 3.18. The van der Waals surface area contributed by atoms with Gasteiger partial charge in [0.15, 0.2) is 0 Å². The highest BCUT2D eigenvalue weighted by Crippen LogP contribution is 2.19. The number of halogens is 1. The Labute approximate surface area is 151 Å². The van der Waals surface area contributed by atoms with Crippen LogP contribution in [0.4, 0.5) is 4.79 Å². The predicted molar refractivity (Wildman–Crippen MR) is 96.6 cm³/mol. The standard InChI is InChI=1S/C18H24BrNO4/c1-18(2,3)24-17(22)20(12-8-7-11-16(21)23-4)13-14-9-5-6-10-15(14)19/h5-7,9-11H,8,12-13H2,1-4H3/b11-7+. The molecule has 0 bridgehead atoms. The van der Waals surface area contributed by atoms with Crippen molar-refractivity contribution in [2.24, 2.45) is 0 Å². The highest BCUT2D eigenvalue weighted by molar-refractivity contribution is 9.10. The van der Waals surface area contributed by atoms with Gasteiger partial charge in [0.1, 0.15) is 5.60 Å². The molecule has 0 heterocycles. The highest BCUT2D eigenvalue weighted by Gasteiger charge is 2.22. The molecule has 1 amide bonds. The number of amides is 1. The Balaban J connectivity index is 2.79. The minimum absolute atomic E-state index is 0.385. The Morgan fingerprint density at radius 2 is 1.92 bits per heavy atom. The van der Waals surface area contributed by atoms with E-state index in [1.54, 1.807) is 11.0 Å². The number of hydrogen-bond acceptors (Lipinski definition) is 4. The molecule has 132 valence electrons. The fourth-order valence-electron chi connectivity index (χ4n) is 1.87. The van der Waals surface area contributed by atoms with Gasteiger partial charge in [-0.2, -0.15) is 0 Å². The number of ether oxygens (including phenoxy) is 2. The number of carbonyl (C=O) groups is 2. The molecule has 0 aliphatic rings. The first-order valence-electron chi connectivity index (χ1n) is 7.69. The van der Waals surface area contributed by atoms with Crippen LogP contribution in [0.3, 0.4) is 0 Å². The zero-order chi connectivity index (χ0) is 18.2. The molecule has 0 aliphatic heterocycles. The van der Waals surface area contributed by atoms with Crippen LogP contribution in [-0.4, -0.2) is 36.2 Å². The van der Waals surface area contributed by atoms with E-state index in [4.69, 9.17) is 4.74 Å². The van der Waals surface area contributed by atoms with Crippen molar-refractivity contribution in [3.05, 3.63) is 46.5 Å². The number of carbonyl (C=O) groups excluding carboxylic acids is 2. The Morgan fingerprint density at radius 3 is 2.50 bits per heavy atom. The summed E-state index contributed by atoms with van der Waals surface area (Å²) in [7, 11) is 1.33. The molecule has 1 aromatic rings. The Hall–Kier alpha value is -1.82. The smallest absolute Gasteiger partial charge is 0.410 e. The number of hydrogen-bond donors (Lipinski definition) is 0. The summed E-state index contributed by atoms with van der Waals surface area (Å²) in [6, 6.07) is 7.72. The summed E-state index contributed by atoms with van der Waals surface area (Å²) < 4.78 is 10.9. The Kier molecular flexibility index (Phi) is 7.98. The molecule has 6 heteroatoms. The first-order chi connectivity index (χ1) is 11.2. The van der Waals surface area contributed by atoms with Crippen LogP contribution in [-0.2, 0) is 20.8 Å². The van der Waals surface area contributed by atoms with Crippen molar-refractivity contribution < 1.29 is 19.1 Å². The molecular formula is C18H24BrNO4. The summed E-state index contributed by atoms with van der Waals surface area (Å²) >= 11 is 3.49. The maximum absolute atomic E-state index is 12.4. The number of rotatable bonds is 6. The summed E-state index contributed by atoms with van der Waals surface area (Å²) in [5.74, 6) is -0.412. The van der Waals surface area contributed by atoms with Crippen molar-refractivity contribution in [3.63, 3.8) is 0 Å². The topological polar surface area (TPSA) is 55.8 Å². The SMILES string of the molecule is COC(=O)/C=C/CCN(Cc1ccccc1Br)C(=O)OC(C)(C)C. The van der Waals surface area contributed by atoms with Crippen LogP contribution in [0.15, 0.2) is 40.9 Å². The third kappa shape index (κ3) is 7.64. The Morgan fingerprint density at radius 1 is 1.25 bits per heavy atom. The molecule has 0 aliphatic carbocycles. The van der Waals surface area contributed by atoms with Gasteiger partial charge in [-0.25, -0.2) is 9.59 Å². The second-order valence-electron chi connectivity index (χ2n) is 6.21. The summed E-state index contributed by atoms with van der Waals surface area (Å²) in [5.41, 5.74) is 0.422. The van der Waals surface area contributed by atoms with Crippen molar-refractivity contribution in [3.8, 4) is 0 Å². The molecule has 1 rings (SSSR count). The lowest BCUT2D eigenvalue weighted by Gasteiger charge is -2.27. The average Bonchev–Trinajstić information content (AvgIpc) is 2.50. The average molecular weight is 398 g/mol. The van der Waals surface area contributed by atoms with E-state index in [0.717, 1.165) is 10.0 Å². The van der Waals surface area contributed by atoms with Crippen molar-refractivity contribution >= 4 is 28.0 Å². The minimum atomic E-state index is -0.564. The molecule has 0 saturated heterocycles. The first-order valence-corrected chi connectivity index (χ1v) is 8.48. The molecular weight excluding hydrogens is 374 g/mol. The second kappa shape index (κ2) is 9.47. The molecule has 0 fully saturated rings. The van der Waals surface area contributed by atoms with Gasteiger partial charge in [0, 0.05) is 17.1 Å². The van der Waals surface area contributed by atoms with E-state index in [0.29, 0.717) is 19.5 Å². The number of methoxy groups -OCH3 is 1. The van der Waals surface area contributed by atoms with Crippen molar-refractivity contribution in [1.29, 1.82) is 0 Å². The van der Waals surface area contributed by atoms with E-state index in [1.165, 1.54) is 13.2 Å². The molecule has 24 heavy (non-hydrogen) atoms. The predicted octanol–water partition coefficient (Wildman–Crippen LogP) is 4.31. The number of benzene rings is 1. The zero-order valence-electron chi connectivity index (χ0n) is 14.5. The number of nitrogens with zero attached hydrogens (tertiary/aromatic N) is 1. The molecule has 0 N–H and O–H groups in total. The summed E-state index contributed by atoms with van der Waals surface area (Å²) in [6.45, 7) is 6.35. The van der Waals surface area contributed by atoms with Gasteiger partial charge < -0.3 is 14.4 Å². The quantitative estimate of drug-likeness (QED) is 0.530. The monoisotopic (exact) mass is 397 g/mol. The highest BCUT2D eigenvalue weighted by atomic mass is 79.9. The lowest BCUT2D eigenvalue weighted by Crippen LogP contribution is -2.37. The molecule has 0 spiro atoms. The third-order valence-electron chi connectivity index (χ3n) is 2.99. The molecule has 0 unspecified atom stereocenters. The van der Waals surface area contributed by atoms with E-state index in [1.807, 2.05) is 45.0 Å². The summed E-state index contributed by atoms with van der Waals surface area (Å²) in [4.78, 5) is 25.1. The van der Waals surface area contributed by atoms with Crippen LogP contribution < -0.4 is 0 Å². The van der Waals surface area contributed by atoms with Gasteiger partial charge in [0.2, 0.25) is 0 Å². The minimum Gasteiger partial charge on any atom is -0.466 e. The van der Waals surface area contributed by atoms with E-state index in [9.17, 15) is 9.59 Å². The van der Waals surface area contributed by atoms with Gasteiger partial charge in [-0.15, -0.1) is 0 Å². The lowest BCUT2D eigenvalue weighted by atomic mass is 10.2. The van der Waals surface area contributed by atoms with E-state index in [-0.39, 0.29) is 6.09 Å². The van der Waals surface area contributed by atoms with Crippen LogP contribution in [0.2, 0.25) is 0 Å². The van der Waals surface area contributed by atoms with Gasteiger partial charge in [-0.3, -0.25) is 0 Å². The molecule has 1 aromatic carbocycles. The molecule has 0 radical (unpaired) electrons. The van der Waals surface area contributed by atoms with Crippen LogP contribution in [0.1, 0.15) is 32.8 Å². The van der Waals surface area contributed by atoms with Gasteiger partial charge in [-0.1, -0.05) is 40.2 Å². The molecule has 0 aromatic heterocycles. The normalized spacial score (nSPS) is 11.4. The fourth-order valence-corrected chi connectivity index (χ4v) is 2.28. The first kappa shape index (κ1) is 20.2. The van der Waals surface area contributed by atoms with Crippen molar-refractivity contribution in [1.82, 2.24) is 4.90 Å². The molecule has 0 saturated carbocycles. The maximum Gasteiger partial charge on any atom is 0.410 e. The fraction of sp³-hybridized carbons (Fsp3) is 0.444. The second-order valence-corrected chi connectivity index (χ2v) is 7.06. The molecule has 0 atom stereocenters. The Bertz CT molecular complexity index is 593. The van der Waals surface area contributed by atoms with Gasteiger partial charge in [0.05, 0.1) is 13.7 Å². The third-order valence-corrected chi connectivity index (χ3v) is 3.77. The van der Waals surface area contributed by atoms with Gasteiger partial charge in [-0.05, 0) is 38.8 Å². The summed E-state index contributed by atoms with van der Waals surface area (Å²) in [5, 5.41) is 0. The van der Waals surface area contributed by atoms with Crippen molar-refractivity contribution in [2.45, 2.75) is 39.3 Å².